The summed E-state index contributed by atoms with van der Waals surface area (Å²) in [6.07, 6.45) is 11.4. The van der Waals surface area contributed by atoms with E-state index in [4.69, 9.17) is 9.47 Å². The molecule has 2 N–H and O–H groups in total. The molecule has 6 rings (SSSR count). The lowest BCUT2D eigenvalue weighted by atomic mass is 9.74. The summed E-state index contributed by atoms with van der Waals surface area (Å²) in [6.45, 7) is 4.44. The first-order valence-electron chi connectivity index (χ1n) is 14.8. The van der Waals surface area contributed by atoms with Gasteiger partial charge < -0.3 is 25.0 Å². The maximum atomic E-state index is 14.3. The van der Waals surface area contributed by atoms with Crippen LogP contribution in [0.1, 0.15) is 65.2 Å². The summed E-state index contributed by atoms with van der Waals surface area (Å²) in [4.78, 5) is 44.0. The average molecular weight is 536 g/mol. The number of hydrogen-bond donors (Lipinski definition) is 2. The SMILES string of the molecule is COc1cccc(NC(=O)C2[C@H]3C=C[C@@]4(O3)C(C(=O)NC3CCCCC3C)N(C3CCC(C)CC3)C(=O)[C@@H]24)c1. The van der Waals surface area contributed by atoms with Crippen LogP contribution in [0.2, 0.25) is 0 Å². The molecule has 8 heteroatoms. The van der Waals surface area contributed by atoms with Gasteiger partial charge in [0.15, 0.2) is 0 Å². The summed E-state index contributed by atoms with van der Waals surface area (Å²) in [5, 5.41) is 6.32. The molecule has 0 aromatic heterocycles. The van der Waals surface area contributed by atoms with Gasteiger partial charge in [-0.25, -0.2) is 0 Å². The van der Waals surface area contributed by atoms with Crippen molar-refractivity contribution in [2.45, 2.75) is 95.0 Å². The second-order valence-corrected chi connectivity index (χ2v) is 12.5. The quantitative estimate of drug-likeness (QED) is 0.536. The minimum absolute atomic E-state index is 0.0219. The Labute approximate surface area is 230 Å². The van der Waals surface area contributed by atoms with E-state index < -0.39 is 29.6 Å². The smallest absolute Gasteiger partial charge is 0.246 e. The van der Waals surface area contributed by atoms with Crippen LogP contribution in [0.5, 0.6) is 5.75 Å². The number of benzene rings is 1. The first-order chi connectivity index (χ1) is 18.8. The number of likely N-dealkylation sites (tertiary alicyclic amines) is 1. The number of carbonyl (C=O) groups is 3. The van der Waals surface area contributed by atoms with Gasteiger partial charge in [-0.1, -0.05) is 44.9 Å². The van der Waals surface area contributed by atoms with Gasteiger partial charge in [0.2, 0.25) is 17.7 Å². The van der Waals surface area contributed by atoms with Crippen LogP contribution in [0.3, 0.4) is 0 Å². The summed E-state index contributed by atoms with van der Waals surface area (Å²) in [6, 6.07) is 6.49. The Morgan fingerprint density at radius 1 is 1.05 bits per heavy atom. The number of anilines is 1. The highest BCUT2D eigenvalue weighted by Crippen LogP contribution is 2.56. The Morgan fingerprint density at radius 3 is 2.56 bits per heavy atom. The molecule has 3 heterocycles. The molecule has 3 amide bonds. The Hall–Kier alpha value is -2.87. The molecule has 2 bridgehead atoms. The molecule has 3 aliphatic heterocycles. The minimum atomic E-state index is -1.12. The van der Waals surface area contributed by atoms with E-state index in [-0.39, 0.29) is 29.8 Å². The summed E-state index contributed by atoms with van der Waals surface area (Å²) in [7, 11) is 1.58. The van der Waals surface area contributed by atoms with Gasteiger partial charge in [-0.05, 0) is 62.5 Å². The number of fused-ring (bicyclic) bond motifs is 1. The highest BCUT2D eigenvalue weighted by atomic mass is 16.5. The van der Waals surface area contributed by atoms with E-state index in [1.54, 1.807) is 19.2 Å². The highest BCUT2D eigenvalue weighted by Gasteiger charge is 2.73. The van der Waals surface area contributed by atoms with Gasteiger partial charge in [-0.2, -0.15) is 0 Å². The van der Waals surface area contributed by atoms with Gasteiger partial charge >= 0.3 is 0 Å². The predicted octanol–water partition coefficient (Wildman–Crippen LogP) is 4.06. The fraction of sp³-hybridized carbons (Fsp3) is 0.645. The van der Waals surface area contributed by atoms with Crippen molar-refractivity contribution in [3.63, 3.8) is 0 Å². The Morgan fingerprint density at radius 2 is 1.82 bits per heavy atom. The van der Waals surface area contributed by atoms with Crippen LogP contribution in [0.15, 0.2) is 36.4 Å². The molecule has 7 atom stereocenters. The van der Waals surface area contributed by atoms with Crippen LogP contribution < -0.4 is 15.4 Å². The molecule has 2 saturated heterocycles. The maximum Gasteiger partial charge on any atom is 0.246 e. The van der Waals surface area contributed by atoms with Crippen molar-refractivity contribution < 1.29 is 23.9 Å². The van der Waals surface area contributed by atoms with E-state index in [0.29, 0.717) is 23.3 Å². The maximum absolute atomic E-state index is 14.3. The van der Waals surface area contributed by atoms with Crippen molar-refractivity contribution in [3.05, 3.63) is 36.4 Å². The van der Waals surface area contributed by atoms with Crippen LogP contribution in [0.4, 0.5) is 5.69 Å². The zero-order chi connectivity index (χ0) is 27.3. The largest absolute Gasteiger partial charge is 0.497 e. The van der Waals surface area contributed by atoms with Gasteiger partial charge in [0.05, 0.1) is 25.0 Å². The molecule has 8 nitrogen and oxygen atoms in total. The number of carbonyl (C=O) groups excluding carboxylic acids is 3. The van der Waals surface area contributed by atoms with Gasteiger partial charge in [0.25, 0.3) is 0 Å². The Balaban J connectivity index is 1.31. The molecule has 0 radical (unpaired) electrons. The molecule has 39 heavy (non-hydrogen) atoms. The van der Waals surface area contributed by atoms with E-state index >= 15 is 0 Å². The second-order valence-electron chi connectivity index (χ2n) is 12.5. The summed E-state index contributed by atoms with van der Waals surface area (Å²) >= 11 is 0. The van der Waals surface area contributed by atoms with Gasteiger partial charge in [0.1, 0.15) is 17.4 Å². The zero-order valence-electron chi connectivity index (χ0n) is 23.2. The van der Waals surface area contributed by atoms with Crippen LogP contribution >= 0.6 is 0 Å². The number of hydrogen-bond acceptors (Lipinski definition) is 5. The molecule has 1 spiro atoms. The highest BCUT2D eigenvalue weighted by molar-refractivity contribution is 6.03. The summed E-state index contributed by atoms with van der Waals surface area (Å²) in [5.41, 5.74) is -0.521. The van der Waals surface area contributed by atoms with Crippen LogP contribution in [0.25, 0.3) is 0 Å². The van der Waals surface area contributed by atoms with Gasteiger partial charge in [-0.3, -0.25) is 14.4 Å². The van der Waals surface area contributed by atoms with Crippen molar-refractivity contribution in [2.75, 3.05) is 12.4 Å². The number of rotatable bonds is 6. The summed E-state index contributed by atoms with van der Waals surface area (Å²) < 4.78 is 11.8. The molecule has 5 aliphatic rings. The van der Waals surface area contributed by atoms with Gasteiger partial charge in [-0.15, -0.1) is 0 Å². The lowest BCUT2D eigenvalue weighted by Gasteiger charge is -2.40. The Bertz CT molecular complexity index is 1160. The summed E-state index contributed by atoms with van der Waals surface area (Å²) in [5.74, 6) is -0.308. The van der Waals surface area contributed by atoms with Crippen molar-refractivity contribution in [2.24, 2.45) is 23.7 Å². The lowest BCUT2D eigenvalue weighted by Crippen LogP contribution is -2.59. The lowest BCUT2D eigenvalue weighted by molar-refractivity contribution is -0.145. The molecular weight excluding hydrogens is 494 g/mol. The van der Waals surface area contributed by atoms with Crippen LogP contribution in [-0.4, -0.2) is 59.6 Å². The molecule has 210 valence electrons. The van der Waals surface area contributed by atoms with Crippen molar-refractivity contribution in [1.82, 2.24) is 10.2 Å². The number of methoxy groups -OCH3 is 1. The third-order valence-corrected chi connectivity index (χ3v) is 10.0. The predicted molar refractivity (Wildman–Crippen MR) is 147 cm³/mol. The molecular formula is C31H41N3O5. The number of nitrogens with zero attached hydrogens (tertiary/aromatic N) is 1. The van der Waals surface area contributed by atoms with E-state index in [0.717, 1.165) is 44.9 Å². The fourth-order valence-corrected chi connectivity index (χ4v) is 7.84. The molecule has 1 aromatic rings. The number of nitrogens with one attached hydrogen (secondary N) is 2. The molecule has 4 unspecified atom stereocenters. The normalized spacial score (nSPS) is 38.9. The monoisotopic (exact) mass is 535 g/mol. The topological polar surface area (TPSA) is 97.0 Å². The molecule has 2 aliphatic carbocycles. The van der Waals surface area contributed by atoms with E-state index in [2.05, 4.69) is 24.5 Å². The minimum Gasteiger partial charge on any atom is -0.497 e. The number of amides is 3. The van der Waals surface area contributed by atoms with Gasteiger partial charge in [0, 0.05) is 23.8 Å². The van der Waals surface area contributed by atoms with E-state index in [1.807, 2.05) is 29.2 Å². The standard InChI is InChI=1S/C31H41N3O5/c1-18-11-13-21(14-12-18)34-27(29(36)33-23-10-5-4-7-19(23)2)31-16-15-24(39-31)25(26(31)30(34)37)28(35)32-20-8-6-9-22(17-20)38-3/h6,8-9,15-19,21,23-27H,4-5,7,10-14H2,1-3H3,(H,32,35)(H,33,36)/t18?,19?,21?,23?,24-,25?,26-,27?,31+/m1/s1. The van der Waals surface area contributed by atoms with Crippen molar-refractivity contribution in [3.8, 4) is 5.75 Å². The fourth-order valence-electron chi connectivity index (χ4n) is 7.84. The first-order valence-corrected chi connectivity index (χ1v) is 14.8. The van der Waals surface area contributed by atoms with E-state index in [1.165, 1.54) is 6.42 Å². The van der Waals surface area contributed by atoms with Crippen molar-refractivity contribution in [1.29, 1.82) is 0 Å². The van der Waals surface area contributed by atoms with E-state index in [9.17, 15) is 14.4 Å². The molecule has 1 aromatic carbocycles. The Kier molecular flexibility index (Phi) is 6.94. The number of ether oxygens (including phenoxy) is 2. The molecule has 4 fully saturated rings. The first kappa shape index (κ1) is 26.4. The third kappa shape index (κ3) is 4.45. The average Bonchev–Trinajstić information content (AvgIpc) is 3.58. The molecule has 2 saturated carbocycles. The third-order valence-electron chi connectivity index (χ3n) is 10.0. The van der Waals surface area contributed by atoms with Crippen molar-refractivity contribution >= 4 is 23.4 Å². The van der Waals surface area contributed by atoms with Crippen LogP contribution in [-0.2, 0) is 19.1 Å². The zero-order valence-corrected chi connectivity index (χ0v) is 23.2. The second kappa shape index (κ2) is 10.3. The van der Waals surface area contributed by atoms with Crippen LogP contribution in [0, 0.1) is 23.7 Å².